The Morgan fingerprint density at radius 2 is 1.74 bits per heavy atom. The lowest BCUT2D eigenvalue weighted by atomic mass is 10.2. The second-order valence-corrected chi connectivity index (χ2v) is 3.97. The van der Waals surface area contributed by atoms with E-state index >= 15 is 0 Å². The summed E-state index contributed by atoms with van der Waals surface area (Å²) >= 11 is 0. The summed E-state index contributed by atoms with van der Waals surface area (Å²) < 4.78 is 47.2. The Bertz CT molecular complexity index is 352. The molecule has 1 aromatic carbocycles. The summed E-state index contributed by atoms with van der Waals surface area (Å²) in [5.74, 6) is 0.449. The van der Waals surface area contributed by atoms with E-state index in [1.807, 2.05) is 0 Å². The number of methoxy groups -OCH3 is 1. The Kier molecular flexibility index (Phi) is 6.66. The van der Waals surface area contributed by atoms with E-state index < -0.39 is 11.7 Å². The number of hydrogen-bond donors (Lipinski definition) is 1. The van der Waals surface area contributed by atoms with E-state index in [0.717, 1.165) is 31.6 Å². The van der Waals surface area contributed by atoms with Crippen LogP contribution in [0, 0.1) is 0 Å². The van der Waals surface area contributed by atoms with Crippen molar-refractivity contribution < 1.29 is 22.6 Å². The number of rotatable bonds is 8. The largest absolute Gasteiger partial charge is 0.494 e. The SMILES string of the molecule is COCCNCCCOc1ccc(C(F)(F)F)cc1. The molecule has 0 amide bonds. The summed E-state index contributed by atoms with van der Waals surface area (Å²) in [5.41, 5.74) is -0.666. The second-order valence-electron chi connectivity index (χ2n) is 3.97. The molecule has 0 saturated heterocycles. The molecular formula is C13H18F3NO2. The molecule has 0 aliphatic carbocycles. The number of nitrogens with one attached hydrogen (secondary N) is 1. The van der Waals surface area contributed by atoms with Gasteiger partial charge < -0.3 is 14.8 Å². The third-order valence-electron chi connectivity index (χ3n) is 2.43. The molecule has 0 saturated carbocycles. The van der Waals surface area contributed by atoms with E-state index in [0.29, 0.717) is 19.0 Å². The van der Waals surface area contributed by atoms with E-state index in [1.54, 1.807) is 7.11 Å². The normalized spacial score (nSPS) is 11.6. The van der Waals surface area contributed by atoms with Crippen molar-refractivity contribution in [2.75, 3.05) is 33.4 Å². The molecule has 1 rings (SSSR count). The van der Waals surface area contributed by atoms with Gasteiger partial charge in [0.15, 0.2) is 0 Å². The van der Waals surface area contributed by atoms with Gasteiger partial charge in [0.1, 0.15) is 5.75 Å². The van der Waals surface area contributed by atoms with Crippen LogP contribution in [-0.2, 0) is 10.9 Å². The molecule has 1 N–H and O–H groups in total. The molecule has 0 radical (unpaired) electrons. The lowest BCUT2D eigenvalue weighted by Crippen LogP contribution is -2.21. The lowest BCUT2D eigenvalue weighted by molar-refractivity contribution is -0.137. The van der Waals surface area contributed by atoms with Crippen molar-refractivity contribution in [1.82, 2.24) is 5.32 Å². The van der Waals surface area contributed by atoms with Crippen LogP contribution < -0.4 is 10.1 Å². The van der Waals surface area contributed by atoms with Crippen LogP contribution in [0.1, 0.15) is 12.0 Å². The molecule has 108 valence electrons. The molecule has 6 heteroatoms. The van der Waals surface area contributed by atoms with E-state index in [4.69, 9.17) is 9.47 Å². The minimum Gasteiger partial charge on any atom is -0.494 e. The standard InChI is InChI=1S/C13H18F3NO2/c1-18-10-8-17-7-2-9-19-12-5-3-11(4-6-12)13(14,15)16/h3-6,17H,2,7-10H2,1H3. The van der Waals surface area contributed by atoms with Crippen molar-refractivity contribution in [3.05, 3.63) is 29.8 Å². The fourth-order valence-electron chi connectivity index (χ4n) is 1.43. The highest BCUT2D eigenvalue weighted by atomic mass is 19.4. The topological polar surface area (TPSA) is 30.5 Å². The monoisotopic (exact) mass is 277 g/mol. The molecular weight excluding hydrogens is 259 g/mol. The van der Waals surface area contributed by atoms with Gasteiger partial charge in [0.25, 0.3) is 0 Å². The maximum atomic E-state index is 12.3. The van der Waals surface area contributed by atoms with Crippen LogP contribution in [0.15, 0.2) is 24.3 Å². The first-order valence-corrected chi connectivity index (χ1v) is 6.04. The molecule has 0 bridgehead atoms. The van der Waals surface area contributed by atoms with Crippen LogP contribution in [0.25, 0.3) is 0 Å². The Hall–Kier alpha value is -1.27. The van der Waals surface area contributed by atoms with Crippen LogP contribution in [0.2, 0.25) is 0 Å². The zero-order valence-corrected chi connectivity index (χ0v) is 10.8. The first-order chi connectivity index (χ1) is 9.04. The Labute approximate surface area is 110 Å². The number of ether oxygens (including phenoxy) is 2. The number of hydrogen-bond acceptors (Lipinski definition) is 3. The molecule has 0 fully saturated rings. The van der Waals surface area contributed by atoms with Crippen molar-refractivity contribution in [3.63, 3.8) is 0 Å². The van der Waals surface area contributed by atoms with E-state index in [-0.39, 0.29) is 0 Å². The highest BCUT2D eigenvalue weighted by Crippen LogP contribution is 2.30. The average Bonchev–Trinajstić information content (AvgIpc) is 2.37. The van der Waals surface area contributed by atoms with Crippen molar-refractivity contribution in [3.8, 4) is 5.75 Å². The van der Waals surface area contributed by atoms with Gasteiger partial charge in [-0.15, -0.1) is 0 Å². The highest BCUT2D eigenvalue weighted by Gasteiger charge is 2.29. The fraction of sp³-hybridized carbons (Fsp3) is 0.538. The first-order valence-electron chi connectivity index (χ1n) is 6.04. The van der Waals surface area contributed by atoms with Crippen LogP contribution in [0.5, 0.6) is 5.75 Å². The molecule has 1 aromatic rings. The summed E-state index contributed by atoms with van der Waals surface area (Å²) in [6, 6.07) is 4.71. The molecule has 0 aromatic heterocycles. The predicted octanol–water partition coefficient (Wildman–Crippen LogP) is 2.71. The van der Waals surface area contributed by atoms with E-state index in [1.165, 1.54) is 12.1 Å². The van der Waals surface area contributed by atoms with Crippen LogP contribution in [-0.4, -0.2) is 33.4 Å². The van der Waals surface area contributed by atoms with Gasteiger partial charge in [0.2, 0.25) is 0 Å². The van der Waals surface area contributed by atoms with Crippen LogP contribution in [0.3, 0.4) is 0 Å². The maximum Gasteiger partial charge on any atom is 0.416 e. The third-order valence-corrected chi connectivity index (χ3v) is 2.43. The molecule has 0 atom stereocenters. The lowest BCUT2D eigenvalue weighted by Gasteiger charge is -2.09. The van der Waals surface area contributed by atoms with Gasteiger partial charge in [-0.05, 0) is 37.2 Å². The molecule has 3 nitrogen and oxygen atoms in total. The molecule has 19 heavy (non-hydrogen) atoms. The third kappa shape index (κ3) is 6.45. The van der Waals surface area contributed by atoms with E-state index in [2.05, 4.69) is 5.32 Å². The van der Waals surface area contributed by atoms with Crippen molar-refractivity contribution >= 4 is 0 Å². The average molecular weight is 277 g/mol. The van der Waals surface area contributed by atoms with Gasteiger partial charge >= 0.3 is 6.18 Å². The van der Waals surface area contributed by atoms with Crippen LogP contribution >= 0.6 is 0 Å². The van der Waals surface area contributed by atoms with Gasteiger partial charge in [0.05, 0.1) is 18.8 Å². The fourth-order valence-corrected chi connectivity index (χ4v) is 1.43. The van der Waals surface area contributed by atoms with Gasteiger partial charge in [-0.1, -0.05) is 0 Å². The summed E-state index contributed by atoms with van der Waals surface area (Å²) in [5, 5.41) is 3.15. The second kappa shape index (κ2) is 8.01. The van der Waals surface area contributed by atoms with E-state index in [9.17, 15) is 13.2 Å². The van der Waals surface area contributed by atoms with Crippen molar-refractivity contribution in [1.29, 1.82) is 0 Å². The number of alkyl halides is 3. The van der Waals surface area contributed by atoms with Gasteiger partial charge in [0, 0.05) is 13.7 Å². The quantitative estimate of drug-likeness (QED) is 0.741. The molecule has 0 unspecified atom stereocenters. The summed E-state index contributed by atoms with van der Waals surface area (Å²) in [4.78, 5) is 0. The maximum absolute atomic E-state index is 12.3. The minimum atomic E-state index is -4.30. The summed E-state index contributed by atoms with van der Waals surface area (Å²) in [6.07, 6.45) is -3.52. The smallest absolute Gasteiger partial charge is 0.416 e. The van der Waals surface area contributed by atoms with Gasteiger partial charge in [-0.25, -0.2) is 0 Å². The number of halogens is 3. The summed E-state index contributed by atoms with van der Waals surface area (Å²) in [6.45, 7) is 2.67. The Morgan fingerprint density at radius 1 is 1.05 bits per heavy atom. The molecule has 0 aliphatic heterocycles. The first kappa shape index (κ1) is 15.8. The van der Waals surface area contributed by atoms with Gasteiger partial charge in [-0.2, -0.15) is 13.2 Å². The highest BCUT2D eigenvalue weighted by molar-refractivity contribution is 5.28. The molecule has 0 heterocycles. The Balaban J connectivity index is 2.20. The summed E-state index contributed by atoms with van der Waals surface area (Å²) in [7, 11) is 1.63. The zero-order valence-electron chi connectivity index (χ0n) is 10.8. The predicted molar refractivity (Wildman–Crippen MR) is 66.3 cm³/mol. The minimum absolute atomic E-state index is 0.449. The van der Waals surface area contributed by atoms with Crippen molar-refractivity contribution in [2.24, 2.45) is 0 Å². The zero-order chi connectivity index (χ0) is 14.1. The number of benzene rings is 1. The van der Waals surface area contributed by atoms with Gasteiger partial charge in [-0.3, -0.25) is 0 Å². The molecule has 0 aliphatic rings. The molecule has 0 spiro atoms. The van der Waals surface area contributed by atoms with Crippen molar-refractivity contribution in [2.45, 2.75) is 12.6 Å². The van der Waals surface area contributed by atoms with Crippen LogP contribution in [0.4, 0.5) is 13.2 Å². The Morgan fingerprint density at radius 3 is 2.32 bits per heavy atom.